The number of thioether (sulfide) groups is 1. The lowest BCUT2D eigenvalue weighted by Crippen LogP contribution is -2.21. The Labute approximate surface area is 169 Å². The number of benzene rings is 1. The van der Waals surface area contributed by atoms with Crippen molar-refractivity contribution in [1.29, 1.82) is 0 Å². The molecule has 0 atom stereocenters. The second-order valence-corrected chi connectivity index (χ2v) is 7.29. The second-order valence-electron chi connectivity index (χ2n) is 6.52. The van der Waals surface area contributed by atoms with E-state index in [9.17, 15) is 4.79 Å². The summed E-state index contributed by atoms with van der Waals surface area (Å²) in [7, 11) is 0. The van der Waals surface area contributed by atoms with Gasteiger partial charge in [0.2, 0.25) is 11.1 Å². The quantitative estimate of drug-likeness (QED) is 0.614. The third-order valence-corrected chi connectivity index (χ3v) is 5.37. The summed E-state index contributed by atoms with van der Waals surface area (Å²) in [6.45, 7) is 10.0. The SMILES string of the molecule is CCN(CC)c1ccc(NC(=O)Cc2c(C)nc3nc(SC)nn3c2C)cc1. The van der Waals surface area contributed by atoms with Crippen molar-refractivity contribution < 1.29 is 4.79 Å². The number of hydrogen-bond acceptors (Lipinski definition) is 6. The largest absolute Gasteiger partial charge is 0.372 e. The van der Waals surface area contributed by atoms with Crippen LogP contribution in [0, 0.1) is 13.8 Å². The second kappa shape index (κ2) is 8.60. The standard InChI is InChI=1S/C20H26N6OS/c1-6-25(7-2)16-10-8-15(9-11-16)22-18(27)12-17-13(3)21-19-23-20(28-5)24-26(19)14(17)4/h8-11H,6-7,12H2,1-5H3,(H,22,27). The fourth-order valence-electron chi connectivity index (χ4n) is 3.24. The van der Waals surface area contributed by atoms with Gasteiger partial charge in [-0.3, -0.25) is 4.79 Å². The highest BCUT2D eigenvalue weighted by atomic mass is 32.2. The molecule has 1 amide bonds. The summed E-state index contributed by atoms with van der Waals surface area (Å²) in [4.78, 5) is 23.8. The third-order valence-electron chi connectivity index (χ3n) is 4.83. The number of nitrogens with zero attached hydrogens (tertiary/aromatic N) is 5. The van der Waals surface area contributed by atoms with Gasteiger partial charge in [-0.1, -0.05) is 11.8 Å². The van der Waals surface area contributed by atoms with Gasteiger partial charge < -0.3 is 10.2 Å². The summed E-state index contributed by atoms with van der Waals surface area (Å²) >= 11 is 1.47. The first-order valence-corrected chi connectivity index (χ1v) is 10.6. The van der Waals surface area contributed by atoms with Gasteiger partial charge in [0.25, 0.3) is 5.78 Å². The van der Waals surface area contributed by atoms with E-state index < -0.39 is 0 Å². The molecular weight excluding hydrogens is 372 g/mol. The van der Waals surface area contributed by atoms with Crippen LogP contribution in [0.15, 0.2) is 29.4 Å². The fourth-order valence-corrected chi connectivity index (χ4v) is 3.58. The van der Waals surface area contributed by atoms with E-state index in [1.165, 1.54) is 11.8 Å². The first-order valence-electron chi connectivity index (χ1n) is 9.38. The van der Waals surface area contributed by atoms with Crippen LogP contribution in [0.2, 0.25) is 0 Å². The Morgan fingerprint density at radius 3 is 2.43 bits per heavy atom. The van der Waals surface area contributed by atoms with Crippen molar-refractivity contribution >= 4 is 34.8 Å². The molecule has 3 aromatic rings. The van der Waals surface area contributed by atoms with Gasteiger partial charge in [0, 0.05) is 41.4 Å². The normalized spacial score (nSPS) is 11.0. The van der Waals surface area contributed by atoms with E-state index in [0.29, 0.717) is 10.9 Å². The van der Waals surface area contributed by atoms with Crippen LogP contribution < -0.4 is 10.2 Å². The van der Waals surface area contributed by atoms with Crippen molar-refractivity contribution in [2.24, 2.45) is 0 Å². The van der Waals surface area contributed by atoms with E-state index in [0.717, 1.165) is 41.4 Å². The highest BCUT2D eigenvalue weighted by Crippen LogP contribution is 2.20. The number of hydrogen-bond donors (Lipinski definition) is 1. The van der Waals surface area contributed by atoms with Crippen molar-refractivity contribution in [1.82, 2.24) is 19.6 Å². The molecule has 0 fully saturated rings. The fraction of sp³-hybridized carbons (Fsp3) is 0.400. The zero-order valence-electron chi connectivity index (χ0n) is 17.0. The third kappa shape index (κ3) is 4.11. The van der Waals surface area contributed by atoms with Crippen molar-refractivity contribution in [2.45, 2.75) is 39.3 Å². The predicted octanol–water partition coefficient (Wildman–Crippen LogP) is 3.49. The highest BCUT2D eigenvalue weighted by Gasteiger charge is 2.16. The van der Waals surface area contributed by atoms with Gasteiger partial charge in [-0.05, 0) is 58.2 Å². The van der Waals surface area contributed by atoms with Crippen LogP contribution in [0.4, 0.5) is 11.4 Å². The Bertz CT molecular complexity index is 979. The zero-order valence-corrected chi connectivity index (χ0v) is 17.8. The van der Waals surface area contributed by atoms with Gasteiger partial charge in [-0.25, -0.2) is 9.50 Å². The molecule has 0 unspecified atom stereocenters. The number of aryl methyl sites for hydroxylation is 2. The average Bonchev–Trinajstić information content (AvgIpc) is 3.10. The van der Waals surface area contributed by atoms with E-state index in [-0.39, 0.29) is 12.3 Å². The molecule has 0 saturated carbocycles. The van der Waals surface area contributed by atoms with Crippen LogP contribution in [0.1, 0.15) is 30.8 Å². The number of aromatic nitrogens is 4. The summed E-state index contributed by atoms with van der Waals surface area (Å²) < 4.78 is 1.71. The number of amides is 1. The maximum absolute atomic E-state index is 12.6. The molecule has 0 spiro atoms. The van der Waals surface area contributed by atoms with E-state index in [4.69, 9.17) is 0 Å². The summed E-state index contributed by atoms with van der Waals surface area (Å²) in [6, 6.07) is 7.95. The molecule has 0 aliphatic carbocycles. The smallest absolute Gasteiger partial charge is 0.253 e. The molecule has 7 nitrogen and oxygen atoms in total. The van der Waals surface area contributed by atoms with Crippen molar-refractivity contribution in [3.8, 4) is 0 Å². The lowest BCUT2D eigenvalue weighted by Gasteiger charge is -2.21. The number of anilines is 2. The summed E-state index contributed by atoms with van der Waals surface area (Å²) in [5.74, 6) is 0.489. The van der Waals surface area contributed by atoms with E-state index in [2.05, 4.69) is 39.1 Å². The molecule has 8 heteroatoms. The molecule has 1 N–H and O–H groups in total. The first-order chi connectivity index (χ1) is 13.5. The molecule has 2 aromatic heterocycles. The van der Waals surface area contributed by atoms with Gasteiger partial charge in [0.1, 0.15) is 0 Å². The molecule has 0 radical (unpaired) electrons. The molecule has 148 valence electrons. The molecular formula is C20H26N6OS. The van der Waals surface area contributed by atoms with Crippen molar-refractivity contribution in [3.63, 3.8) is 0 Å². The minimum absolute atomic E-state index is 0.0758. The van der Waals surface area contributed by atoms with Crippen molar-refractivity contribution in [3.05, 3.63) is 41.2 Å². The molecule has 0 aliphatic heterocycles. The Morgan fingerprint density at radius 1 is 1.14 bits per heavy atom. The highest BCUT2D eigenvalue weighted by molar-refractivity contribution is 7.98. The van der Waals surface area contributed by atoms with Gasteiger partial charge in [0.05, 0.1) is 6.42 Å². The zero-order chi connectivity index (χ0) is 20.3. The predicted molar refractivity (Wildman–Crippen MR) is 114 cm³/mol. The van der Waals surface area contributed by atoms with Gasteiger partial charge >= 0.3 is 0 Å². The van der Waals surface area contributed by atoms with Crippen LogP contribution >= 0.6 is 11.8 Å². The molecule has 3 rings (SSSR count). The Morgan fingerprint density at radius 2 is 1.82 bits per heavy atom. The minimum Gasteiger partial charge on any atom is -0.372 e. The maximum Gasteiger partial charge on any atom is 0.253 e. The molecule has 0 aliphatic rings. The van der Waals surface area contributed by atoms with E-state index in [1.807, 2.05) is 44.4 Å². The van der Waals surface area contributed by atoms with E-state index >= 15 is 0 Å². The topological polar surface area (TPSA) is 75.4 Å². The number of carbonyl (C=O) groups excluding carboxylic acids is 1. The molecule has 28 heavy (non-hydrogen) atoms. The lowest BCUT2D eigenvalue weighted by molar-refractivity contribution is -0.115. The Kier molecular flexibility index (Phi) is 6.18. The number of fused-ring (bicyclic) bond motifs is 1. The maximum atomic E-state index is 12.6. The van der Waals surface area contributed by atoms with Gasteiger partial charge in [-0.15, -0.1) is 5.10 Å². The molecule has 1 aromatic carbocycles. The minimum atomic E-state index is -0.0758. The first kappa shape index (κ1) is 20.1. The number of nitrogens with one attached hydrogen (secondary N) is 1. The molecule has 2 heterocycles. The van der Waals surface area contributed by atoms with Crippen LogP contribution in [-0.2, 0) is 11.2 Å². The molecule has 0 saturated heterocycles. The molecule has 0 bridgehead atoms. The van der Waals surface area contributed by atoms with Crippen molar-refractivity contribution in [2.75, 3.05) is 29.6 Å². The van der Waals surface area contributed by atoms with E-state index in [1.54, 1.807) is 4.52 Å². The monoisotopic (exact) mass is 398 g/mol. The summed E-state index contributed by atoms with van der Waals surface area (Å²) in [6.07, 6.45) is 2.17. The lowest BCUT2D eigenvalue weighted by atomic mass is 10.1. The Hall–Kier alpha value is -2.61. The Balaban J connectivity index is 1.76. The average molecular weight is 399 g/mol. The van der Waals surface area contributed by atoms with Crippen LogP contribution in [-0.4, -0.2) is 44.8 Å². The van der Waals surface area contributed by atoms with Crippen LogP contribution in [0.3, 0.4) is 0 Å². The summed E-state index contributed by atoms with van der Waals surface area (Å²) in [5, 5.41) is 8.08. The van der Waals surface area contributed by atoms with Crippen LogP contribution in [0.5, 0.6) is 0 Å². The van der Waals surface area contributed by atoms with Gasteiger partial charge in [-0.2, -0.15) is 4.98 Å². The van der Waals surface area contributed by atoms with Crippen LogP contribution in [0.25, 0.3) is 5.78 Å². The number of carbonyl (C=O) groups is 1. The summed E-state index contributed by atoms with van der Waals surface area (Å²) in [5.41, 5.74) is 4.51. The van der Waals surface area contributed by atoms with Gasteiger partial charge in [0.15, 0.2) is 0 Å². The number of rotatable bonds is 7.